The van der Waals surface area contributed by atoms with E-state index in [4.69, 9.17) is 26.0 Å². The van der Waals surface area contributed by atoms with Crippen LogP contribution in [-0.4, -0.2) is 41.3 Å². The van der Waals surface area contributed by atoms with Crippen LogP contribution in [-0.2, 0) is 15.8 Å². The average molecular weight is 314 g/mol. The van der Waals surface area contributed by atoms with Crippen LogP contribution in [0.4, 0.5) is 11.8 Å². The van der Waals surface area contributed by atoms with E-state index in [0.29, 0.717) is 30.6 Å². The molecule has 2 aromatic heterocycles. The Labute approximate surface area is 119 Å². The zero-order chi connectivity index (χ0) is 15.2. The van der Waals surface area contributed by atoms with Crippen molar-refractivity contribution in [2.75, 3.05) is 11.5 Å². The van der Waals surface area contributed by atoms with Gasteiger partial charge in [0.15, 0.2) is 17.3 Å². The standard InChI is InChI=1S/C10H15N6O4P/c11-8-7-9(15-10(12)14-8)16(4-13-7)3-5-1-2-6(20-5)21(17,18)19/h4-6H,1-3H2,(H2,17,18,19)(H4,11,12,14,15)/t5-,6+/m0/s1. The topological polar surface area (TPSA) is 162 Å². The van der Waals surface area contributed by atoms with E-state index in [1.165, 1.54) is 6.33 Å². The maximum Gasteiger partial charge on any atom is 0.354 e. The molecular weight excluding hydrogens is 299 g/mol. The zero-order valence-corrected chi connectivity index (χ0v) is 11.8. The second-order valence-corrected chi connectivity index (χ2v) is 6.67. The molecule has 0 aromatic carbocycles. The van der Waals surface area contributed by atoms with Crippen molar-refractivity contribution in [2.45, 2.75) is 31.3 Å². The molecule has 2 atom stereocenters. The minimum absolute atomic E-state index is 0.0437. The summed E-state index contributed by atoms with van der Waals surface area (Å²) in [6.45, 7) is 0.364. The lowest BCUT2D eigenvalue weighted by atomic mass is 10.2. The highest BCUT2D eigenvalue weighted by molar-refractivity contribution is 7.52. The molecule has 0 spiro atoms. The van der Waals surface area contributed by atoms with E-state index >= 15 is 0 Å². The van der Waals surface area contributed by atoms with Crippen molar-refractivity contribution >= 4 is 30.5 Å². The summed E-state index contributed by atoms with van der Waals surface area (Å²) in [5.74, 6) is -0.805. The van der Waals surface area contributed by atoms with Gasteiger partial charge in [-0.2, -0.15) is 9.97 Å². The van der Waals surface area contributed by atoms with Crippen LogP contribution >= 0.6 is 7.60 Å². The molecule has 0 unspecified atom stereocenters. The van der Waals surface area contributed by atoms with Crippen molar-refractivity contribution in [3.8, 4) is 0 Å². The second-order valence-electron chi connectivity index (χ2n) is 4.92. The van der Waals surface area contributed by atoms with Gasteiger partial charge in [0, 0.05) is 0 Å². The third kappa shape index (κ3) is 2.70. The molecule has 0 amide bonds. The summed E-state index contributed by atoms with van der Waals surface area (Å²) in [5.41, 5.74) is 12.2. The van der Waals surface area contributed by atoms with Crippen LogP contribution in [0.2, 0.25) is 0 Å². The lowest BCUT2D eigenvalue weighted by Crippen LogP contribution is -2.17. The maximum atomic E-state index is 11.2. The minimum atomic E-state index is -4.22. The number of nitrogens with zero attached hydrogens (tertiary/aromatic N) is 4. The Balaban J connectivity index is 1.82. The number of imidazole rings is 1. The summed E-state index contributed by atoms with van der Waals surface area (Å²) < 4.78 is 18.3. The number of hydrogen-bond acceptors (Lipinski definition) is 7. The maximum absolute atomic E-state index is 11.2. The molecule has 3 rings (SSSR count). The molecular formula is C10H15N6O4P. The lowest BCUT2D eigenvalue weighted by Gasteiger charge is -2.15. The predicted molar refractivity (Wildman–Crippen MR) is 74.1 cm³/mol. The van der Waals surface area contributed by atoms with E-state index < -0.39 is 13.4 Å². The highest BCUT2D eigenvalue weighted by Crippen LogP contribution is 2.48. The summed E-state index contributed by atoms with van der Waals surface area (Å²) in [6.07, 6.45) is 2.08. The Morgan fingerprint density at radius 3 is 2.81 bits per heavy atom. The third-order valence-electron chi connectivity index (χ3n) is 3.37. The molecule has 1 aliphatic heterocycles. The van der Waals surface area contributed by atoms with E-state index in [9.17, 15) is 4.57 Å². The van der Waals surface area contributed by atoms with Crippen LogP contribution in [0.3, 0.4) is 0 Å². The van der Waals surface area contributed by atoms with Gasteiger partial charge in [0.1, 0.15) is 5.52 Å². The van der Waals surface area contributed by atoms with Gasteiger partial charge in [-0.1, -0.05) is 0 Å². The first-order valence-corrected chi connectivity index (χ1v) is 7.97. The van der Waals surface area contributed by atoms with E-state index in [1.807, 2.05) is 0 Å². The van der Waals surface area contributed by atoms with Gasteiger partial charge in [-0.15, -0.1) is 0 Å². The Hall–Kier alpha value is -1.74. The number of aromatic nitrogens is 4. The summed E-state index contributed by atoms with van der Waals surface area (Å²) >= 11 is 0. The number of anilines is 2. The van der Waals surface area contributed by atoms with Crippen molar-refractivity contribution in [1.29, 1.82) is 0 Å². The molecule has 0 radical (unpaired) electrons. The molecule has 3 heterocycles. The SMILES string of the molecule is Nc1nc(N)c2ncn(C[C@@H]3CC[C@@H](P(=O)(O)O)O3)c2n1. The highest BCUT2D eigenvalue weighted by Gasteiger charge is 2.37. The van der Waals surface area contributed by atoms with Crippen LogP contribution < -0.4 is 11.5 Å². The molecule has 10 nitrogen and oxygen atoms in total. The van der Waals surface area contributed by atoms with Gasteiger partial charge in [-0.05, 0) is 12.8 Å². The zero-order valence-electron chi connectivity index (χ0n) is 11.0. The monoisotopic (exact) mass is 314 g/mol. The van der Waals surface area contributed by atoms with Gasteiger partial charge in [0.25, 0.3) is 0 Å². The first-order chi connectivity index (χ1) is 9.84. The van der Waals surface area contributed by atoms with Crippen molar-refractivity contribution in [2.24, 2.45) is 0 Å². The van der Waals surface area contributed by atoms with Gasteiger partial charge in [-0.25, -0.2) is 4.98 Å². The number of hydrogen-bond donors (Lipinski definition) is 4. The van der Waals surface area contributed by atoms with Crippen LogP contribution in [0.15, 0.2) is 6.33 Å². The number of nitrogen functional groups attached to an aromatic ring is 2. The molecule has 6 N–H and O–H groups in total. The smallest absolute Gasteiger partial charge is 0.354 e. The van der Waals surface area contributed by atoms with Crippen LogP contribution in [0.25, 0.3) is 11.2 Å². The fourth-order valence-electron chi connectivity index (χ4n) is 2.41. The fraction of sp³-hybridized carbons (Fsp3) is 0.500. The molecule has 2 aromatic rings. The predicted octanol–water partition coefficient (Wildman–Crippen LogP) is -0.327. The number of ether oxygens (including phenoxy) is 1. The van der Waals surface area contributed by atoms with Crippen molar-refractivity contribution in [3.63, 3.8) is 0 Å². The third-order valence-corrected chi connectivity index (χ3v) is 4.50. The molecule has 11 heteroatoms. The Kier molecular flexibility index (Phi) is 3.33. The molecule has 0 saturated carbocycles. The van der Waals surface area contributed by atoms with E-state index in [1.54, 1.807) is 4.57 Å². The first kappa shape index (κ1) is 14.2. The molecule has 0 bridgehead atoms. The van der Waals surface area contributed by atoms with Gasteiger partial charge in [-0.3, -0.25) is 4.57 Å². The molecule has 1 fully saturated rings. The molecule has 1 aliphatic rings. The average Bonchev–Trinajstić information content (AvgIpc) is 2.97. The second kappa shape index (κ2) is 4.92. The molecule has 21 heavy (non-hydrogen) atoms. The Bertz CT molecular complexity index is 728. The van der Waals surface area contributed by atoms with Crippen LogP contribution in [0.1, 0.15) is 12.8 Å². The summed E-state index contributed by atoms with van der Waals surface area (Å²) in [7, 11) is -4.22. The number of rotatable bonds is 3. The lowest BCUT2D eigenvalue weighted by molar-refractivity contribution is 0.0621. The largest absolute Gasteiger partial charge is 0.382 e. The molecule has 0 aliphatic carbocycles. The number of fused-ring (bicyclic) bond motifs is 1. The van der Waals surface area contributed by atoms with Gasteiger partial charge in [0.2, 0.25) is 5.95 Å². The number of nitrogens with two attached hydrogens (primary N) is 2. The van der Waals surface area contributed by atoms with Gasteiger partial charge < -0.3 is 30.6 Å². The summed E-state index contributed by atoms with van der Waals surface area (Å²) in [5, 5.41) is 0. The van der Waals surface area contributed by atoms with Crippen LogP contribution in [0, 0.1) is 0 Å². The van der Waals surface area contributed by atoms with Gasteiger partial charge in [0.05, 0.1) is 19.0 Å². The highest BCUT2D eigenvalue weighted by atomic mass is 31.2. The van der Waals surface area contributed by atoms with Gasteiger partial charge >= 0.3 is 7.60 Å². The van der Waals surface area contributed by atoms with Crippen molar-refractivity contribution in [1.82, 2.24) is 19.5 Å². The Morgan fingerprint density at radius 2 is 2.14 bits per heavy atom. The summed E-state index contributed by atoms with van der Waals surface area (Å²) in [6, 6.07) is 0. The quantitative estimate of drug-likeness (QED) is 0.555. The summed E-state index contributed by atoms with van der Waals surface area (Å²) in [4.78, 5) is 30.3. The molecule has 1 saturated heterocycles. The molecule has 114 valence electrons. The first-order valence-electron chi connectivity index (χ1n) is 6.29. The normalized spacial score (nSPS) is 23.0. The van der Waals surface area contributed by atoms with E-state index in [-0.39, 0.29) is 17.9 Å². The minimum Gasteiger partial charge on any atom is -0.382 e. The van der Waals surface area contributed by atoms with Crippen molar-refractivity contribution in [3.05, 3.63) is 6.33 Å². The van der Waals surface area contributed by atoms with Crippen LogP contribution in [0.5, 0.6) is 0 Å². The fourth-order valence-corrected chi connectivity index (χ4v) is 3.22. The Morgan fingerprint density at radius 1 is 1.38 bits per heavy atom. The van der Waals surface area contributed by atoms with E-state index in [0.717, 1.165) is 0 Å². The van der Waals surface area contributed by atoms with E-state index in [2.05, 4.69) is 15.0 Å². The van der Waals surface area contributed by atoms with Crippen molar-refractivity contribution < 1.29 is 19.1 Å².